The lowest BCUT2D eigenvalue weighted by Gasteiger charge is -2.36. The Labute approximate surface area is 182 Å². The zero-order valence-electron chi connectivity index (χ0n) is 16.7. The zero-order valence-corrected chi connectivity index (χ0v) is 17.5. The largest absolute Gasteiger partial charge is 0.324 e. The third-order valence-corrected chi connectivity index (χ3v) is 5.94. The maximum Gasteiger partial charge on any atom is 0.324 e. The molecule has 1 N–H and O–H groups in total. The van der Waals surface area contributed by atoms with E-state index in [2.05, 4.69) is 5.32 Å². The Kier molecular flexibility index (Phi) is 6.27. The molecule has 31 heavy (non-hydrogen) atoms. The molecule has 2 heterocycles. The molecule has 0 spiro atoms. The summed E-state index contributed by atoms with van der Waals surface area (Å²) in [6.07, 6.45) is 0.922. The number of halogens is 2. The Hall–Kier alpha value is -3.26. The molecule has 5 nitrogen and oxygen atoms in total. The molecule has 1 fully saturated rings. The molecular weight excluding hydrogens is 420 g/mol. The van der Waals surface area contributed by atoms with Crippen LogP contribution in [0.3, 0.4) is 0 Å². The average Bonchev–Trinajstić information content (AvgIpc) is 3.26. The van der Waals surface area contributed by atoms with Gasteiger partial charge in [0, 0.05) is 23.5 Å². The highest BCUT2D eigenvalue weighted by Gasteiger charge is 2.29. The predicted molar refractivity (Wildman–Crippen MR) is 117 cm³/mol. The normalized spacial score (nSPS) is 14.1. The van der Waals surface area contributed by atoms with Crippen LogP contribution in [0.25, 0.3) is 0 Å². The number of carbonyl (C=O) groups is 2. The molecule has 0 radical (unpaired) electrons. The van der Waals surface area contributed by atoms with E-state index >= 15 is 0 Å². The van der Waals surface area contributed by atoms with Gasteiger partial charge in [0.1, 0.15) is 11.6 Å². The van der Waals surface area contributed by atoms with Crippen LogP contribution in [0.5, 0.6) is 0 Å². The minimum absolute atomic E-state index is 0.0220. The van der Waals surface area contributed by atoms with Gasteiger partial charge < -0.3 is 10.2 Å². The number of benzene rings is 2. The SMILES string of the molecule is O=C(Cc1cccs1)Nc1ccccc1N1CCCN(Cc2cc(F)ccc2F)C1=O. The average molecular weight is 442 g/mol. The second-order valence-electron chi connectivity index (χ2n) is 7.27. The lowest BCUT2D eigenvalue weighted by atomic mass is 10.1. The first-order valence-electron chi connectivity index (χ1n) is 9.93. The molecule has 1 aliphatic heterocycles. The summed E-state index contributed by atoms with van der Waals surface area (Å²) in [7, 11) is 0. The standard InChI is InChI=1S/C23H21F2N3O2S/c24-17-8-9-19(25)16(13-17)15-27-10-4-11-28(23(27)30)21-7-2-1-6-20(21)26-22(29)14-18-5-3-12-31-18/h1-3,5-9,12-13H,4,10-11,14-15H2,(H,26,29). The molecule has 3 aromatic rings. The fourth-order valence-corrected chi connectivity index (χ4v) is 4.31. The number of rotatable bonds is 6. The fraction of sp³-hybridized carbons (Fsp3) is 0.217. The number of urea groups is 1. The topological polar surface area (TPSA) is 52.7 Å². The van der Waals surface area contributed by atoms with Crippen molar-refractivity contribution >= 4 is 34.6 Å². The first-order valence-corrected chi connectivity index (χ1v) is 10.8. The Bertz CT molecular complexity index is 1090. The van der Waals surface area contributed by atoms with Gasteiger partial charge in [0.15, 0.2) is 0 Å². The van der Waals surface area contributed by atoms with Gasteiger partial charge in [0.25, 0.3) is 0 Å². The molecule has 4 rings (SSSR count). The monoisotopic (exact) mass is 441 g/mol. The number of amides is 3. The van der Waals surface area contributed by atoms with Crippen LogP contribution >= 0.6 is 11.3 Å². The summed E-state index contributed by atoms with van der Waals surface area (Å²) >= 11 is 1.51. The number of hydrogen-bond acceptors (Lipinski definition) is 3. The summed E-state index contributed by atoms with van der Waals surface area (Å²) in [6.45, 7) is 0.892. The van der Waals surface area contributed by atoms with Crippen molar-refractivity contribution in [1.29, 1.82) is 0 Å². The Morgan fingerprint density at radius 3 is 2.71 bits per heavy atom. The number of thiophene rings is 1. The summed E-state index contributed by atoms with van der Waals surface area (Å²) in [5.41, 5.74) is 1.25. The van der Waals surface area contributed by atoms with Crippen LogP contribution in [-0.4, -0.2) is 29.9 Å². The van der Waals surface area contributed by atoms with Crippen molar-refractivity contribution in [2.45, 2.75) is 19.4 Å². The van der Waals surface area contributed by atoms with E-state index in [1.165, 1.54) is 16.2 Å². The number of hydrogen-bond donors (Lipinski definition) is 1. The van der Waals surface area contributed by atoms with Gasteiger partial charge in [-0.05, 0) is 48.2 Å². The van der Waals surface area contributed by atoms with E-state index in [0.29, 0.717) is 30.9 Å². The van der Waals surface area contributed by atoms with Crippen molar-refractivity contribution in [2.24, 2.45) is 0 Å². The molecule has 0 bridgehead atoms. The first-order chi connectivity index (χ1) is 15.0. The molecule has 160 valence electrons. The molecule has 8 heteroatoms. The number of anilines is 2. The van der Waals surface area contributed by atoms with Crippen LogP contribution in [0.1, 0.15) is 16.9 Å². The summed E-state index contributed by atoms with van der Waals surface area (Å²) in [5, 5.41) is 4.81. The fourth-order valence-electron chi connectivity index (χ4n) is 3.60. The van der Waals surface area contributed by atoms with Gasteiger partial charge in [-0.3, -0.25) is 9.69 Å². The van der Waals surface area contributed by atoms with E-state index in [9.17, 15) is 18.4 Å². The molecule has 2 aromatic carbocycles. The van der Waals surface area contributed by atoms with Crippen molar-refractivity contribution in [2.75, 3.05) is 23.3 Å². The molecule has 0 saturated carbocycles. The van der Waals surface area contributed by atoms with Crippen LogP contribution in [-0.2, 0) is 17.8 Å². The van der Waals surface area contributed by atoms with Crippen LogP contribution < -0.4 is 10.2 Å². The minimum Gasteiger partial charge on any atom is -0.324 e. The van der Waals surface area contributed by atoms with E-state index in [0.717, 1.165) is 23.1 Å². The molecule has 0 atom stereocenters. The van der Waals surface area contributed by atoms with Crippen molar-refractivity contribution in [3.63, 3.8) is 0 Å². The molecule has 1 aliphatic rings. The van der Waals surface area contributed by atoms with Gasteiger partial charge in [-0.1, -0.05) is 18.2 Å². The predicted octanol–water partition coefficient (Wildman–Crippen LogP) is 5.04. The van der Waals surface area contributed by atoms with Crippen LogP contribution in [0.15, 0.2) is 60.0 Å². The van der Waals surface area contributed by atoms with Gasteiger partial charge in [-0.25, -0.2) is 13.6 Å². The van der Waals surface area contributed by atoms with Gasteiger partial charge in [-0.15, -0.1) is 11.3 Å². The first kappa shape index (κ1) is 21.0. The lowest BCUT2D eigenvalue weighted by Crippen LogP contribution is -2.49. The third-order valence-electron chi connectivity index (χ3n) is 5.06. The summed E-state index contributed by atoms with van der Waals surface area (Å²) in [5.74, 6) is -1.26. The van der Waals surface area contributed by atoms with Crippen molar-refractivity contribution in [3.8, 4) is 0 Å². The number of carbonyl (C=O) groups excluding carboxylic acids is 2. The van der Waals surface area contributed by atoms with Crippen LogP contribution in [0, 0.1) is 11.6 Å². The molecule has 3 amide bonds. The molecule has 0 aliphatic carbocycles. The second-order valence-corrected chi connectivity index (χ2v) is 8.30. The summed E-state index contributed by atoms with van der Waals surface area (Å²) in [4.78, 5) is 29.6. The molecular formula is C23H21F2N3O2S. The smallest absolute Gasteiger partial charge is 0.324 e. The van der Waals surface area contributed by atoms with E-state index in [4.69, 9.17) is 0 Å². The van der Waals surface area contributed by atoms with Crippen LogP contribution in [0.2, 0.25) is 0 Å². The van der Waals surface area contributed by atoms with E-state index in [1.54, 1.807) is 29.2 Å². The van der Waals surface area contributed by atoms with Crippen molar-refractivity contribution in [1.82, 2.24) is 4.90 Å². The third kappa shape index (κ3) is 4.91. The maximum atomic E-state index is 14.1. The Morgan fingerprint density at radius 1 is 1.06 bits per heavy atom. The van der Waals surface area contributed by atoms with Gasteiger partial charge in [0.2, 0.25) is 5.91 Å². The second kappa shape index (κ2) is 9.26. The number of nitrogens with zero attached hydrogens (tertiary/aromatic N) is 2. The van der Waals surface area contributed by atoms with Gasteiger partial charge in [-0.2, -0.15) is 0 Å². The Morgan fingerprint density at radius 2 is 1.90 bits per heavy atom. The minimum atomic E-state index is -0.549. The highest BCUT2D eigenvalue weighted by molar-refractivity contribution is 7.10. The molecule has 1 aromatic heterocycles. The van der Waals surface area contributed by atoms with Crippen molar-refractivity contribution < 1.29 is 18.4 Å². The summed E-state index contributed by atoms with van der Waals surface area (Å²) in [6, 6.07) is 13.8. The van der Waals surface area contributed by atoms with E-state index < -0.39 is 11.6 Å². The van der Waals surface area contributed by atoms with Crippen molar-refractivity contribution in [3.05, 3.63) is 82.1 Å². The van der Waals surface area contributed by atoms with Gasteiger partial charge >= 0.3 is 6.03 Å². The Balaban J connectivity index is 1.51. The number of para-hydroxylation sites is 2. The van der Waals surface area contributed by atoms with E-state index in [1.807, 2.05) is 17.5 Å². The lowest BCUT2D eigenvalue weighted by molar-refractivity contribution is -0.115. The quantitative estimate of drug-likeness (QED) is 0.583. The molecule has 1 saturated heterocycles. The maximum absolute atomic E-state index is 14.1. The van der Waals surface area contributed by atoms with Gasteiger partial charge in [0.05, 0.1) is 24.3 Å². The zero-order chi connectivity index (χ0) is 21.8. The molecule has 0 unspecified atom stereocenters. The van der Waals surface area contributed by atoms with E-state index in [-0.39, 0.29) is 30.5 Å². The highest BCUT2D eigenvalue weighted by atomic mass is 32.1. The number of nitrogens with one attached hydrogen (secondary N) is 1. The highest BCUT2D eigenvalue weighted by Crippen LogP contribution is 2.29. The summed E-state index contributed by atoms with van der Waals surface area (Å²) < 4.78 is 27.6. The van der Waals surface area contributed by atoms with Crippen LogP contribution in [0.4, 0.5) is 25.0 Å².